The van der Waals surface area contributed by atoms with Gasteiger partial charge in [0.2, 0.25) is 5.91 Å². The number of carboxylic acid groups (broad SMARTS) is 1. The number of nitrogens with zero attached hydrogens (tertiary/aromatic N) is 3. The first-order valence-electron chi connectivity index (χ1n) is 10.00. The van der Waals surface area contributed by atoms with Crippen molar-refractivity contribution in [2.75, 3.05) is 11.1 Å². The number of pyridine rings is 1. The summed E-state index contributed by atoms with van der Waals surface area (Å²) in [5.41, 5.74) is 7.40. The van der Waals surface area contributed by atoms with E-state index in [4.69, 9.17) is 17.3 Å². The highest BCUT2D eigenvalue weighted by atomic mass is 35.5. The topological polar surface area (TPSA) is 153 Å². The largest absolute Gasteiger partial charge is 0.478 e. The maximum Gasteiger partial charge on any atom is 0.337 e. The number of carbonyl (C=O) groups is 2. The van der Waals surface area contributed by atoms with Gasteiger partial charge in [0.15, 0.2) is 0 Å². The smallest absolute Gasteiger partial charge is 0.337 e. The van der Waals surface area contributed by atoms with E-state index in [1.807, 2.05) is 12.1 Å². The van der Waals surface area contributed by atoms with Gasteiger partial charge < -0.3 is 16.2 Å². The first-order valence-corrected chi connectivity index (χ1v) is 11.3. The van der Waals surface area contributed by atoms with Crippen molar-refractivity contribution >= 4 is 46.7 Å². The fraction of sp³-hybridized carbons (Fsp3) is 0.125. The minimum atomic E-state index is -1.22. The van der Waals surface area contributed by atoms with Crippen LogP contribution in [0.3, 0.4) is 0 Å². The van der Waals surface area contributed by atoms with Crippen LogP contribution < -0.4 is 11.1 Å². The average molecular weight is 492 g/mol. The number of carbonyl (C=O) groups excluding carboxylic acids is 1. The Morgan fingerprint density at radius 3 is 2.44 bits per heavy atom. The molecular formula is C24H18ClN5O3S. The lowest BCUT2D eigenvalue weighted by Crippen LogP contribution is -2.25. The SMILES string of the molecule is CCC(Sc1nc(N)c(C#N)c(-c2ccccc2)c1C#N)C(=O)Nc1ccc(Cl)c(C(=O)O)c1. The number of aromatic nitrogens is 1. The third-order valence-electron chi connectivity index (χ3n) is 4.86. The normalized spacial score (nSPS) is 11.2. The lowest BCUT2D eigenvalue weighted by molar-refractivity contribution is -0.115. The van der Waals surface area contributed by atoms with Crippen LogP contribution in [0.4, 0.5) is 11.5 Å². The van der Waals surface area contributed by atoms with Crippen LogP contribution in [-0.4, -0.2) is 27.2 Å². The molecule has 34 heavy (non-hydrogen) atoms. The van der Waals surface area contributed by atoms with E-state index in [1.54, 1.807) is 31.2 Å². The third-order valence-corrected chi connectivity index (χ3v) is 6.54. The number of anilines is 2. The summed E-state index contributed by atoms with van der Waals surface area (Å²) < 4.78 is 0. The Hall–Kier alpha value is -4.05. The van der Waals surface area contributed by atoms with Crippen molar-refractivity contribution in [3.05, 3.63) is 70.2 Å². The standard InChI is InChI=1S/C24H18ClN5O3S/c1-2-19(22(31)29-14-8-9-18(25)15(10-14)24(32)33)34-23-17(12-27)20(13-6-4-3-5-7-13)16(11-26)21(28)30-23/h3-10,19H,2H2,1H3,(H2,28,30)(H,29,31)(H,32,33). The van der Waals surface area contributed by atoms with Crippen LogP contribution in [0.25, 0.3) is 11.1 Å². The molecule has 3 rings (SSSR count). The molecule has 0 fully saturated rings. The van der Waals surface area contributed by atoms with Gasteiger partial charge in [-0.1, -0.05) is 60.6 Å². The molecule has 1 atom stereocenters. The number of rotatable bonds is 7. The first kappa shape index (κ1) is 24.6. The molecule has 170 valence electrons. The van der Waals surface area contributed by atoms with Gasteiger partial charge in [0.1, 0.15) is 28.5 Å². The van der Waals surface area contributed by atoms with Gasteiger partial charge in [-0.15, -0.1) is 0 Å². The molecule has 4 N–H and O–H groups in total. The highest BCUT2D eigenvalue weighted by Crippen LogP contribution is 2.37. The van der Waals surface area contributed by atoms with E-state index < -0.39 is 17.1 Å². The quantitative estimate of drug-likeness (QED) is 0.393. The predicted molar refractivity (Wildman–Crippen MR) is 130 cm³/mol. The highest BCUT2D eigenvalue weighted by molar-refractivity contribution is 8.00. The summed E-state index contributed by atoms with van der Waals surface area (Å²) in [6.45, 7) is 1.79. The lowest BCUT2D eigenvalue weighted by Gasteiger charge is -2.18. The number of amides is 1. The molecule has 8 nitrogen and oxygen atoms in total. The van der Waals surface area contributed by atoms with Gasteiger partial charge in [0.25, 0.3) is 0 Å². The number of aromatic carboxylic acids is 1. The van der Waals surface area contributed by atoms with Gasteiger partial charge in [0, 0.05) is 11.3 Å². The van der Waals surface area contributed by atoms with E-state index in [0.29, 0.717) is 17.5 Å². The van der Waals surface area contributed by atoms with E-state index >= 15 is 0 Å². The molecule has 1 aromatic heterocycles. The molecule has 3 aromatic rings. The van der Waals surface area contributed by atoms with E-state index in [1.165, 1.54) is 18.2 Å². The Balaban J connectivity index is 1.98. The molecule has 1 amide bonds. The second-order valence-corrected chi connectivity index (χ2v) is 8.62. The van der Waals surface area contributed by atoms with Crippen molar-refractivity contribution in [1.82, 2.24) is 4.98 Å². The molecule has 10 heteroatoms. The third kappa shape index (κ3) is 5.12. The number of nitrogens with one attached hydrogen (secondary N) is 1. The minimum Gasteiger partial charge on any atom is -0.478 e. The lowest BCUT2D eigenvalue weighted by atomic mass is 9.97. The Kier molecular flexibility index (Phi) is 7.75. The minimum absolute atomic E-state index is 0.0399. The predicted octanol–water partition coefficient (Wildman–Crippen LogP) is 4.94. The van der Waals surface area contributed by atoms with Crippen molar-refractivity contribution in [2.24, 2.45) is 0 Å². The molecule has 0 aliphatic rings. The molecule has 1 unspecified atom stereocenters. The van der Waals surface area contributed by atoms with Gasteiger partial charge >= 0.3 is 5.97 Å². The van der Waals surface area contributed by atoms with Crippen LogP contribution in [0.2, 0.25) is 5.02 Å². The molecule has 1 heterocycles. The van der Waals surface area contributed by atoms with Crippen molar-refractivity contribution in [1.29, 1.82) is 10.5 Å². The number of carboxylic acids is 1. The van der Waals surface area contributed by atoms with Gasteiger partial charge in [-0.05, 0) is 30.2 Å². The van der Waals surface area contributed by atoms with Crippen LogP contribution in [0, 0.1) is 22.7 Å². The first-order chi connectivity index (χ1) is 16.3. The Morgan fingerprint density at radius 2 is 1.85 bits per heavy atom. The summed E-state index contributed by atoms with van der Waals surface area (Å²) >= 11 is 6.94. The number of hydrogen-bond donors (Lipinski definition) is 3. The average Bonchev–Trinajstić information content (AvgIpc) is 2.83. The molecule has 0 saturated heterocycles. The maximum atomic E-state index is 13.0. The monoisotopic (exact) mass is 491 g/mol. The number of hydrogen-bond acceptors (Lipinski definition) is 7. The Labute approximate surface area is 205 Å². The highest BCUT2D eigenvalue weighted by Gasteiger charge is 2.25. The molecule has 0 bridgehead atoms. The summed E-state index contributed by atoms with van der Waals surface area (Å²) in [5.74, 6) is -1.67. The van der Waals surface area contributed by atoms with E-state index in [9.17, 15) is 25.2 Å². The molecule has 0 aliphatic heterocycles. The fourth-order valence-corrected chi connectivity index (χ4v) is 4.44. The van der Waals surface area contributed by atoms with E-state index in [-0.39, 0.29) is 38.2 Å². The Bertz CT molecular complexity index is 1350. The van der Waals surface area contributed by atoms with Crippen LogP contribution in [0.1, 0.15) is 34.8 Å². The van der Waals surface area contributed by atoms with Crippen LogP contribution in [0.15, 0.2) is 53.6 Å². The van der Waals surface area contributed by atoms with Crippen molar-refractivity contribution < 1.29 is 14.7 Å². The second-order valence-electron chi connectivity index (χ2n) is 7.02. The van der Waals surface area contributed by atoms with Gasteiger partial charge in [-0.3, -0.25) is 4.79 Å². The summed E-state index contributed by atoms with van der Waals surface area (Å²) in [5, 5.41) is 31.1. The van der Waals surface area contributed by atoms with Gasteiger partial charge in [-0.2, -0.15) is 10.5 Å². The number of halogens is 1. The molecule has 0 saturated carbocycles. The molecule has 2 aromatic carbocycles. The summed E-state index contributed by atoms with van der Waals surface area (Å²) in [4.78, 5) is 28.5. The van der Waals surface area contributed by atoms with Crippen molar-refractivity contribution in [3.8, 4) is 23.3 Å². The fourth-order valence-electron chi connectivity index (χ4n) is 3.22. The number of nitrogens with two attached hydrogens (primary N) is 1. The van der Waals surface area contributed by atoms with Gasteiger partial charge in [-0.25, -0.2) is 9.78 Å². The van der Waals surface area contributed by atoms with Crippen LogP contribution in [-0.2, 0) is 4.79 Å². The van der Waals surface area contributed by atoms with E-state index in [0.717, 1.165) is 11.8 Å². The van der Waals surface area contributed by atoms with Crippen LogP contribution in [0.5, 0.6) is 0 Å². The van der Waals surface area contributed by atoms with Gasteiger partial charge in [0.05, 0.1) is 21.4 Å². The van der Waals surface area contributed by atoms with Crippen molar-refractivity contribution in [2.45, 2.75) is 23.6 Å². The maximum absolute atomic E-state index is 13.0. The van der Waals surface area contributed by atoms with E-state index in [2.05, 4.69) is 16.4 Å². The van der Waals surface area contributed by atoms with Crippen molar-refractivity contribution in [3.63, 3.8) is 0 Å². The zero-order valence-electron chi connectivity index (χ0n) is 17.9. The zero-order valence-corrected chi connectivity index (χ0v) is 19.4. The number of nitrogen functional groups attached to an aromatic ring is 1. The number of nitriles is 2. The number of benzene rings is 2. The molecule has 0 spiro atoms. The summed E-state index contributed by atoms with van der Waals surface area (Å²) in [7, 11) is 0. The molecular weight excluding hydrogens is 474 g/mol. The van der Waals surface area contributed by atoms with Crippen LogP contribution >= 0.6 is 23.4 Å². The zero-order chi connectivity index (χ0) is 24.8. The number of thioether (sulfide) groups is 1. The summed E-state index contributed by atoms with van der Waals surface area (Å²) in [6, 6.07) is 17.2. The Morgan fingerprint density at radius 1 is 1.18 bits per heavy atom. The molecule has 0 radical (unpaired) electrons. The summed E-state index contributed by atoms with van der Waals surface area (Å²) in [6.07, 6.45) is 0.378. The molecule has 0 aliphatic carbocycles. The second kappa shape index (κ2) is 10.7.